The van der Waals surface area contributed by atoms with Crippen molar-refractivity contribution in [3.05, 3.63) is 70.6 Å². The largest absolute Gasteiger partial charge is 0.300 e. The molecule has 6 heteroatoms. The molecule has 22 heavy (non-hydrogen) atoms. The molecular weight excluding hydrogens is 306 g/mol. The highest BCUT2D eigenvalue weighted by atomic mass is 32.2. The molecule has 2 aromatic carbocycles. The number of amidine groups is 1. The van der Waals surface area contributed by atoms with E-state index in [-0.39, 0.29) is 16.8 Å². The topological polar surface area (TPSA) is 41.5 Å². The fraction of sp³-hybridized carbons (Fsp3) is 0. The highest BCUT2D eigenvalue weighted by Gasteiger charge is 2.24. The highest BCUT2D eigenvalue weighted by molar-refractivity contribution is 8.18. The summed E-state index contributed by atoms with van der Waals surface area (Å²) >= 11 is 1.04. The SMILES string of the molecule is O=C1NC(=Nc2ccccc2F)S/C1=C\c1ccccc1F. The lowest BCUT2D eigenvalue weighted by molar-refractivity contribution is -0.115. The Kier molecular flexibility index (Phi) is 4.02. The number of thioether (sulfide) groups is 1. The molecule has 0 atom stereocenters. The van der Waals surface area contributed by atoms with Gasteiger partial charge >= 0.3 is 0 Å². The van der Waals surface area contributed by atoms with E-state index in [2.05, 4.69) is 10.3 Å². The van der Waals surface area contributed by atoms with Gasteiger partial charge in [0.2, 0.25) is 0 Å². The van der Waals surface area contributed by atoms with Crippen LogP contribution in [-0.2, 0) is 4.79 Å². The summed E-state index contributed by atoms with van der Waals surface area (Å²) in [5, 5.41) is 2.80. The summed E-state index contributed by atoms with van der Waals surface area (Å²) in [4.78, 5) is 16.2. The van der Waals surface area contributed by atoms with Crippen molar-refractivity contribution in [3.8, 4) is 0 Å². The van der Waals surface area contributed by atoms with E-state index in [4.69, 9.17) is 0 Å². The van der Waals surface area contributed by atoms with E-state index in [1.807, 2.05) is 0 Å². The summed E-state index contributed by atoms with van der Waals surface area (Å²) < 4.78 is 27.1. The van der Waals surface area contributed by atoms with Crippen LogP contribution in [0.5, 0.6) is 0 Å². The Balaban J connectivity index is 1.88. The van der Waals surface area contributed by atoms with E-state index in [9.17, 15) is 13.6 Å². The molecular formula is C16H10F2N2OS. The van der Waals surface area contributed by atoms with Crippen molar-refractivity contribution >= 4 is 34.6 Å². The predicted molar refractivity (Wildman–Crippen MR) is 83.6 cm³/mol. The van der Waals surface area contributed by atoms with Crippen LogP contribution in [0.4, 0.5) is 14.5 Å². The summed E-state index contributed by atoms with van der Waals surface area (Å²) in [5.41, 5.74) is 0.449. The first kappa shape index (κ1) is 14.5. The van der Waals surface area contributed by atoms with Crippen molar-refractivity contribution in [1.29, 1.82) is 0 Å². The molecule has 0 aliphatic carbocycles. The van der Waals surface area contributed by atoms with E-state index < -0.39 is 11.6 Å². The Bertz CT molecular complexity index is 802. The minimum atomic E-state index is -0.476. The van der Waals surface area contributed by atoms with Crippen LogP contribution in [0.25, 0.3) is 6.08 Å². The van der Waals surface area contributed by atoms with Crippen LogP contribution in [0.3, 0.4) is 0 Å². The number of hydrogen-bond donors (Lipinski definition) is 1. The van der Waals surface area contributed by atoms with Gasteiger partial charge in [0.25, 0.3) is 5.91 Å². The molecule has 0 aromatic heterocycles. The zero-order valence-electron chi connectivity index (χ0n) is 11.2. The molecule has 1 aliphatic heterocycles. The normalized spacial score (nSPS) is 18.0. The lowest BCUT2D eigenvalue weighted by atomic mass is 10.2. The van der Waals surface area contributed by atoms with E-state index in [0.29, 0.717) is 10.5 Å². The molecule has 3 nitrogen and oxygen atoms in total. The van der Waals surface area contributed by atoms with Gasteiger partial charge in [0.15, 0.2) is 5.17 Å². The molecule has 0 bridgehead atoms. The Hall–Kier alpha value is -2.47. The van der Waals surface area contributed by atoms with Gasteiger partial charge in [-0.2, -0.15) is 0 Å². The molecule has 1 amide bonds. The molecule has 0 spiro atoms. The predicted octanol–water partition coefficient (Wildman–Crippen LogP) is 3.86. The minimum Gasteiger partial charge on any atom is -0.300 e. The minimum absolute atomic E-state index is 0.137. The van der Waals surface area contributed by atoms with E-state index in [0.717, 1.165) is 11.8 Å². The Morgan fingerprint density at radius 2 is 1.68 bits per heavy atom. The number of halogens is 2. The Labute approximate surface area is 129 Å². The molecule has 1 N–H and O–H groups in total. The lowest BCUT2D eigenvalue weighted by Crippen LogP contribution is -2.19. The second kappa shape index (κ2) is 6.11. The molecule has 0 unspecified atom stereocenters. The quantitative estimate of drug-likeness (QED) is 0.855. The Morgan fingerprint density at radius 3 is 2.41 bits per heavy atom. The molecule has 110 valence electrons. The van der Waals surface area contributed by atoms with Gasteiger partial charge < -0.3 is 5.32 Å². The first-order valence-corrected chi connectivity index (χ1v) is 7.24. The second-order valence-corrected chi connectivity index (χ2v) is 5.49. The van der Waals surface area contributed by atoms with Gasteiger partial charge in [0.05, 0.1) is 4.91 Å². The van der Waals surface area contributed by atoms with Crippen molar-refractivity contribution in [2.45, 2.75) is 0 Å². The standard InChI is InChI=1S/C16H10F2N2OS/c17-11-6-2-1-5-10(11)9-14-15(21)20-16(22-14)19-13-8-4-3-7-12(13)18/h1-9H,(H,19,20,21)/b14-9-. The number of nitrogens with one attached hydrogen (secondary N) is 1. The molecule has 0 saturated carbocycles. The molecule has 1 heterocycles. The van der Waals surface area contributed by atoms with Crippen molar-refractivity contribution in [2.75, 3.05) is 0 Å². The van der Waals surface area contributed by atoms with E-state index >= 15 is 0 Å². The van der Waals surface area contributed by atoms with Gasteiger partial charge in [-0.15, -0.1) is 0 Å². The maximum absolute atomic E-state index is 13.6. The van der Waals surface area contributed by atoms with Crippen LogP contribution in [0.1, 0.15) is 5.56 Å². The van der Waals surface area contributed by atoms with Gasteiger partial charge in [-0.3, -0.25) is 4.79 Å². The van der Waals surface area contributed by atoms with Crippen LogP contribution in [0.2, 0.25) is 0 Å². The molecule has 0 radical (unpaired) electrons. The summed E-state index contributed by atoms with van der Waals surface area (Å²) in [6.07, 6.45) is 1.44. The van der Waals surface area contributed by atoms with E-state index in [1.165, 1.54) is 24.3 Å². The monoisotopic (exact) mass is 316 g/mol. The molecule has 3 rings (SSSR count). The first-order valence-electron chi connectivity index (χ1n) is 6.42. The van der Waals surface area contributed by atoms with Gasteiger partial charge in [-0.05, 0) is 36.0 Å². The highest BCUT2D eigenvalue weighted by Crippen LogP contribution is 2.29. The number of hydrogen-bond acceptors (Lipinski definition) is 3. The number of nitrogens with zero attached hydrogens (tertiary/aromatic N) is 1. The van der Waals surface area contributed by atoms with Crippen molar-refractivity contribution in [2.24, 2.45) is 4.99 Å². The smallest absolute Gasteiger partial charge is 0.264 e. The molecule has 1 aliphatic rings. The zero-order valence-corrected chi connectivity index (χ0v) is 12.0. The third-order valence-electron chi connectivity index (χ3n) is 2.92. The average Bonchev–Trinajstić information content (AvgIpc) is 2.84. The fourth-order valence-electron chi connectivity index (χ4n) is 1.87. The molecule has 1 fully saturated rings. The first-order chi connectivity index (χ1) is 10.6. The van der Waals surface area contributed by atoms with Crippen LogP contribution >= 0.6 is 11.8 Å². The number of rotatable bonds is 2. The van der Waals surface area contributed by atoms with Crippen LogP contribution in [-0.4, -0.2) is 11.1 Å². The summed E-state index contributed by atoms with van der Waals surface area (Å²) in [7, 11) is 0. The third kappa shape index (κ3) is 3.07. The number of carbonyl (C=O) groups is 1. The fourth-order valence-corrected chi connectivity index (χ4v) is 2.69. The number of amides is 1. The van der Waals surface area contributed by atoms with E-state index in [1.54, 1.807) is 30.3 Å². The number of aliphatic imine (C=N–C) groups is 1. The molecule has 2 aromatic rings. The van der Waals surface area contributed by atoms with Gasteiger partial charge in [0.1, 0.15) is 17.3 Å². The lowest BCUT2D eigenvalue weighted by Gasteiger charge is -1.97. The summed E-state index contributed by atoms with van der Waals surface area (Å²) in [5.74, 6) is -1.28. The van der Waals surface area contributed by atoms with Crippen LogP contribution < -0.4 is 5.32 Å². The third-order valence-corrected chi connectivity index (χ3v) is 3.83. The van der Waals surface area contributed by atoms with Gasteiger partial charge in [-0.1, -0.05) is 30.3 Å². The van der Waals surface area contributed by atoms with Crippen molar-refractivity contribution < 1.29 is 13.6 Å². The number of carbonyl (C=O) groups excluding carboxylic acids is 1. The maximum Gasteiger partial charge on any atom is 0.264 e. The summed E-state index contributed by atoms with van der Waals surface area (Å²) in [6, 6.07) is 12.2. The molecule has 1 saturated heterocycles. The van der Waals surface area contributed by atoms with Gasteiger partial charge in [0, 0.05) is 5.56 Å². The van der Waals surface area contributed by atoms with Crippen LogP contribution in [0, 0.1) is 11.6 Å². The Morgan fingerprint density at radius 1 is 1.00 bits per heavy atom. The summed E-state index contributed by atoms with van der Waals surface area (Å²) in [6.45, 7) is 0. The zero-order chi connectivity index (χ0) is 15.5. The van der Waals surface area contributed by atoms with Crippen molar-refractivity contribution in [3.63, 3.8) is 0 Å². The van der Waals surface area contributed by atoms with Crippen molar-refractivity contribution in [1.82, 2.24) is 5.32 Å². The average molecular weight is 316 g/mol. The maximum atomic E-state index is 13.6. The number of benzene rings is 2. The van der Waals surface area contributed by atoms with Crippen LogP contribution in [0.15, 0.2) is 58.4 Å². The van der Waals surface area contributed by atoms with Gasteiger partial charge in [-0.25, -0.2) is 13.8 Å². The number of para-hydroxylation sites is 1. The second-order valence-electron chi connectivity index (χ2n) is 4.45.